The van der Waals surface area contributed by atoms with Gasteiger partial charge < -0.3 is 10.6 Å². The number of hydrogen-bond donors (Lipinski definition) is 2. The summed E-state index contributed by atoms with van der Waals surface area (Å²) in [7, 11) is 0. The van der Waals surface area contributed by atoms with E-state index in [4.69, 9.17) is 0 Å². The first-order valence-corrected chi connectivity index (χ1v) is 9.21. The van der Waals surface area contributed by atoms with Crippen LogP contribution in [0.1, 0.15) is 31.2 Å². The summed E-state index contributed by atoms with van der Waals surface area (Å²) in [4.78, 5) is 28.6. The fraction of sp³-hybridized carbons (Fsp3) is 0.450. The Hall–Kier alpha value is -2.34. The van der Waals surface area contributed by atoms with Crippen molar-refractivity contribution in [2.45, 2.75) is 32.1 Å². The zero-order chi connectivity index (χ0) is 18.1. The van der Waals surface area contributed by atoms with Crippen LogP contribution >= 0.6 is 0 Å². The number of Topliss-reactive ketones (excluding diaryl/α,β-unsaturated/α-hetero) is 1. The molecule has 0 bridgehead atoms. The van der Waals surface area contributed by atoms with E-state index in [0.29, 0.717) is 19.5 Å². The zero-order valence-electron chi connectivity index (χ0n) is 14.6. The average molecular weight is 355 g/mol. The number of rotatable bonds is 4. The number of anilines is 1. The lowest BCUT2D eigenvalue weighted by molar-refractivity contribution is -0.121. The van der Waals surface area contributed by atoms with Crippen LogP contribution < -0.4 is 10.6 Å². The van der Waals surface area contributed by atoms with Crippen molar-refractivity contribution >= 4 is 23.1 Å². The largest absolute Gasteiger partial charge is 0.323 e. The van der Waals surface area contributed by atoms with Gasteiger partial charge in [0.15, 0.2) is 5.78 Å². The monoisotopic (exact) mass is 355 g/mol. The number of nitrogens with zero attached hydrogens (tertiary/aromatic N) is 1. The van der Waals surface area contributed by atoms with Crippen LogP contribution in [0.3, 0.4) is 0 Å². The van der Waals surface area contributed by atoms with Gasteiger partial charge in [0.2, 0.25) is 5.91 Å². The summed E-state index contributed by atoms with van der Waals surface area (Å²) >= 11 is 0. The van der Waals surface area contributed by atoms with Crippen LogP contribution in [-0.2, 0) is 16.0 Å². The molecule has 1 amide bonds. The third kappa shape index (κ3) is 3.33. The van der Waals surface area contributed by atoms with Gasteiger partial charge >= 0.3 is 0 Å². The second-order valence-electron chi connectivity index (χ2n) is 7.19. The van der Waals surface area contributed by atoms with Crippen molar-refractivity contribution in [3.63, 3.8) is 0 Å². The average Bonchev–Trinajstić information content (AvgIpc) is 2.59. The predicted octanol–water partition coefficient (Wildman–Crippen LogP) is 2.42. The highest BCUT2D eigenvalue weighted by Crippen LogP contribution is 2.30. The smallest absolute Gasteiger partial charge is 0.230 e. The van der Waals surface area contributed by atoms with E-state index in [9.17, 15) is 14.0 Å². The molecule has 1 aliphatic carbocycles. The Morgan fingerprint density at radius 3 is 2.73 bits per heavy atom. The molecular weight excluding hydrogens is 333 g/mol. The lowest BCUT2D eigenvalue weighted by atomic mass is 9.83. The quantitative estimate of drug-likeness (QED) is 0.871. The topological polar surface area (TPSA) is 70.6 Å². The summed E-state index contributed by atoms with van der Waals surface area (Å²) < 4.78 is 14.1. The van der Waals surface area contributed by atoms with E-state index in [1.807, 2.05) is 0 Å². The molecule has 0 radical (unpaired) electrons. The Bertz CT molecular complexity index is 824. The Labute approximate surface area is 151 Å². The van der Waals surface area contributed by atoms with Crippen LogP contribution in [0.4, 0.5) is 10.1 Å². The van der Waals surface area contributed by atoms with Crippen LogP contribution in [0.2, 0.25) is 0 Å². The van der Waals surface area contributed by atoms with E-state index in [1.54, 1.807) is 12.1 Å². The highest BCUT2D eigenvalue weighted by Gasteiger charge is 2.27. The highest BCUT2D eigenvalue weighted by atomic mass is 19.1. The Morgan fingerprint density at radius 1 is 1.23 bits per heavy atom. The molecule has 1 aromatic rings. The molecule has 2 aliphatic heterocycles. The van der Waals surface area contributed by atoms with Crippen molar-refractivity contribution < 1.29 is 14.0 Å². The van der Waals surface area contributed by atoms with Crippen molar-refractivity contribution in [2.24, 2.45) is 10.9 Å². The summed E-state index contributed by atoms with van der Waals surface area (Å²) in [5.74, 6) is -0.545. The predicted molar refractivity (Wildman–Crippen MR) is 97.9 cm³/mol. The molecule has 0 atom stereocenters. The van der Waals surface area contributed by atoms with Crippen LogP contribution in [0, 0.1) is 11.7 Å². The lowest BCUT2D eigenvalue weighted by Gasteiger charge is -2.26. The fourth-order valence-electron chi connectivity index (χ4n) is 3.73. The number of aliphatic imine (C=N–C) groups is 1. The Morgan fingerprint density at radius 2 is 2.00 bits per heavy atom. The number of halogens is 1. The third-order valence-electron chi connectivity index (χ3n) is 5.38. The second-order valence-corrected chi connectivity index (χ2v) is 7.19. The number of benzene rings is 1. The molecular formula is C20H22FN3O2. The molecule has 1 fully saturated rings. The van der Waals surface area contributed by atoms with E-state index in [-0.39, 0.29) is 29.8 Å². The van der Waals surface area contributed by atoms with Crippen molar-refractivity contribution in [3.05, 3.63) is 40.7 Å². The summed E-state index contributed by atoms with van der Waals surface area (Å²) in [6, 6.07) is 4.79. The van der Waals surface area contributed by atoms with Gasteiger partial charge in [0, 0.05) is 30.8 Å². The van der Waals surface area contributed by atoms with Gasteiger partial charge in [-0.25, -0.2) is 4.39 Å². The number of amides is 1. The fourth-order valence-corrected chi connectivity index (χ4v) is 3.73. The van der Waals surface area contributed by atoms with E-state index >= 15 is 0 Å². The number of nitrogens with one attached hydrogen (secondary N) is 2. The normalized spacial score (nSPS) is 20.3. The third-order valence-corrected chi connectivity index (χ3v) is 5.38. The molecule has 1 saturated heterocycles. The van der Waals surface area contributed by atoms with Crippen molar-refractivity contribution in [1.29, 1.82) is 0 Å². The first-order valence-electron chi connectivity index (χ1n) is 9.21. The van der Waals surface area contributed by atoms with Crippen LogP contribution in [0.15, 0.2) is 34.3 Å². The van der Waals surface area contributed by atoms with Gasteiger partial charge in [-0.3, -0.25) is 14.6 Å². The summed E-state index contributed by atoms with van der Waals surface area (Å²) in [5.41, 5.74) is 4.06. The molecule has 2 heterocycles. The first kappa shape index (κ1) is 17.1. The van der Waals surface area contributed by atoms with Crippen LogP contribution in [0.5, 0.6) is 0 Å². The molecule has 0 saturated carbocycles. The maximum atomic E-state index is 14.1. The van der Waals surface area contributed by atoms with E-state index in [0.717, 1.165) is 48.1 Å². The van der Waals surface area contributed by atoms with Gasteiger partial charge in [0.25, 0.3) is 0 Å². The number of carbonyl (C=O) groups excluding carboxylic acids is 2. The van der Waals surface area contributed by atoms with E-state index in [2.05, 4.69) is 15.6 Å². The minimum absolute atomic E-state index is 0.0956. The highest BCUT2D eigenvalue weighted by molar-refractivity contribution is 6.14. The Balaban J connectivity index is 1.53. The molecule has 4 rings (SSSR count). The molecule has 6 heteroatoms. The van der Waals surface area contributed by atoms with Crippen LogP contribution in [-0.4, -0.2) is 37.0 Å². The van der Waals surface area contributed by atoms with E-state index in [1.165, 1.54) is 6.07 Å². The van der Waals surface area contributed by atoms with Gasteiger partial charge in [-0.1, -0.05) is 6.07 Å². The molecule has 26 heavy (non-hydrogen) atoms. The first-order chi connectivity index (χ1) is 12.6. The minimum Gasteiger partial charge on any atom is -0.323 e. The van der Waals surface area contributed by atoms with Crippen molar-refractivity contribution in [3.8, 4) is 0 Å². The second kappa shape index (κ2) is 7.11. The van der Waals surface area contributed by atoms with E-state index < -0.39 is 5.82 Å². The van der Waals surface area contributed by atoms with Crippen molar-refractivity contribution in [1.82, 2.24) is 5.32 Å². The van der Waals surface area contributed by atoms with Gasteiger partial charge in [-0.05, 0) is 49.0 Å². The minimum atomic E-state index is -0.437. The molecule has 0 aromatic heterocycles. The SMILES string of the molecule is O=C1CN=C(Cc2ccc(F)c(NC(=O)C3CNC3)c2)C2=C1CCCC2. The molecule has 3 aliphatic rings. The molecule has 1 aromatic carbocycles. The molecule has 0 unspecified atom stereocenters. The number of dihydropyridines is 1. The molecule has 136 valence electrons. The maximum absolute atomic E-state index is 14.1. The summed E-state index contributed by atoms with van der Waals surface area (Å²) in [6.07, 6.45) is 4.42. The maximum Gasteiger partial charge on any atom is 0.230 e. The summed E-state index contributed by atoms with van der Waals surface area (Å²) in [6.45, 7) is 1.48. The van der Waals surface area contributed by atoms with Gasteiger partial charge in [-0.15, -0.1) is 0 Å². The lowest BCUT2D eigenvalue weighted by Crippen LogP contribution is -2.48. The summed E-state index contributed by atoms with van der Waals surface area (Å²) in [5, 5.41) is 5.73. The zero-order valence-corrected chi connectivity index (χ0v) is 14.6. The molecule has 2 N–H and O–H groups in total. The van der Waals surface area contributed by atoms with Gasteiger partial charge in [0.05, 0.1) is 11.6 Å². The van der Waals surface area contributed by atoms with Crippen molar-refractivity contribution in [2.75, 3.05) is 25.0 Å². The number of allylic oxidation sites excluding steroid dienone is 1. The molecule has 0 spiro atoms. The standard InChI is InChI=1S/C20H22FN3O2/c21-16-6-5-12(8-18(16)24-20(26)13-9-22-10-13)7-17-14-3-1-2-4-15(14)19(25)11-23-17/h5-6,8,13,22H,1-4,7,9-11H2,(H,24,26). The molecule has 5 nitrogen and oxygen atoms in total. The number of hydrogen-bond acceptors (Lipinski definition) is 4. The number of ketones is 1. The van der Waals surface area contributed by atoms with Crippen LogP contribution in [0.25, 0.3) is 0 Å². The Kier molecular flexibility index (Phi) is 4.68. The van der Waals surface area contributed by atoms with Gasteiger partial charge in [-0.2, -0.15) is 0 Å². The van der Waals surface area contributed by atoms with Gasteiger partial charge in [0.1, 0.15) is 12.4 Å². The number of carbonyl (C=O) groups is 2.